The summed E-state index contributed by atoms with van der Waals surface area (Å²) in [4.78, 5) is 14.1. The van der Waals surface area contributed by atoms with E-state index in [2.05, 4.69) is 15.3 Å². The number of carbonyl (C=O) groups excluding carboxylic acids is 1. The highest BCUT2D eigenvalue weighted by molar-refractivity contribution is 5.94. The van der Waals surface area contributed by atoms with E-state index in [0.717, 1.165) is 12.1 Å². The summed E-state index contributed by atoms with van der Waals surface area (Å²) in [5, 5.41) is 5.90. The van der Waals surface area contributed by atoms with E-state index in [1.165, 1.54) is 6.07 Å². The average molecular weight is 254 g/mol. The fraction of sp³-hybridized carbons (Fsp3) is 0.364. The van der Waals surface area contributed by atoms with Crippen LogP contribution in [0.15, 0.2) is 23.3 Å². The Kier molecular flexibility index (Phi) is 5.60. The Morgan fingerprint density at radius 1 is 1.33 bits per heavy atom. The molecule has 1 amide bonds. The van der Waals surface area contributed by atoms with Crippen LogP contribution in [-0.2, 0) is 0 Å². The van der Waals surface area contributed by atoms with Crippen molar-refractivity contribution in [2.45, 2.75) is 12.8 Å². The lowest BCUT2D eigenvalue weighted by atomic mass is 10.2. The van der Waals surface area contributed by atoms with Gasteiger partial charge < -0.3 is 5.32 Å². The van der Waals surface area contributed by atoms with Gasteiger partial charge in [0.05, 0.1) is 0 Å². The minimum absolute atomic E-state index is 0.0731. The van der Waals surface area contributed by atoms with E-state index in [0.29, 0.717) is 25.9 Å². The van der Waals surface area contributed by atoms with Crippen LogP contribution < -0.4 is 5.32 Å². The summed E-state index contributed by atoms with van der Waals surface area (Å²) < 4.78 is 25.5. The number of rotatable bonds is 6. The molecule has 0 aliphatic carbocycles. The highest BCUT2D eigenvalue weighted by Gasteiger charge is 2.08. The molecule has 0 fully saturated rings. The molecule has 1 rings (SSSR count). The van der Waals surface area contributed by atoms with E-state index in [9.17, 15) is 13.6 Å². The number of unbranched alkanes of at least 4 members (excludes halogenated alkanes) is 1. The molecule has 0 saturated carbocycles. The highest BCUT2D eigenvalue weighted by atomic mass is 19.2. The third kappa shape index (κ3) is 4.39. The second kappa shape index (κ2) is 7.24. The van der Waals surface area contributed by atoms with Gasteiger partial charge in [0.25, 0.3) is 5.91 Å². The molecule has 96 valence electrons. The number of halogens is 2. The average Bonchev–Trinajstić information content (AvgIpc) is 2.36. The van der Waals surface area contributed by atoms with E-state index >= 15 is 0 Å². The van der Waals surface area contributed by atoms with Crippen LogP contribution >= 0.6 is 0 Å². The number of hydrogen-bond acceptors (Lipinski definition) is 2. The molecule has 0 bridgehead atoms. The van der Waals surface area contributed by atoms with Gasteiger partial charge in [-0.05, 0) is 36.6 Å². The Morgan fingerprint density at radius 3 is 2.78 bits per heavy atom. The number of hydrogen-bond donors (Lipinski definition) is 1. The van der Waals surface area contributed by atoms with Crippen LogP contribution in [0.4, 0.5) is 8.78 Å². The fourth-order valence-electron chi connectivity index (χ4n) is 1.29. The number of carbonyl (C=O) groups is 1. The number of nitrogens with zero attached hydrogens (tertiary/aromatic N) is 3. The van der Waals surface area contributed by atoms with Gasteiger partial charge in [-0.3, -0.25) is 4.79 Å². The van der Waals surface area contributed by atoms with Crippen molar-refractivity contribution in [2.24, 2.45) is 5.11 Å². The summed E-state index contributed by atoms with van der Waals surface area (Å²) in [6.07, 6.45) is 1.30. The molecule has 0 aliphatic rings. The summed E-state index contributed by atoms with van der Waals surface area (Å²) in [5.41, 5.74) is 8.10. The molecule has 7 heteroatoms. The van der Waals surface area contributed by atoms with Gasteiger partial charge in [-0.1, -0.05) is 5.11 Å². The molecule has 1 aromatic rings. The van der Waals surface area contributed by atoms with Gasteiger partial charge >= 0.3 is 0 Å². The van der Waals surface area contributed by atoms with Gasteiger partial charge in [0.1, 0.15) is 0 Å². The molecule has 18 heavy (non-hydrogen) atoms. The molecule has 0 atom stereocenters. The Morgan fingerprint density at radius 2 is 2.11 bits per heavy atom. The first-order valence-electron chi connectivity index (χ1n) is 5.39. The molecule has 0 radical (unpaired) electrons. The molecular formula is C11H12F2N4O. The van der Waals surface area contributed by atoms with Crippen molar-refractivity contribution >= 4 is 5.91 Å². The second-order valence-corrected chi connectivity index (χ2v) is 3.55. The summed E-state index contributed by atoms with van der Waals surface area (Å²) in [5.74, 6) is -2.50. The van der Waals surface area contributed by atoms with Crippen molar-refractivity contribution in [2.75, 3.05) is 13.1 Å². The lowest BCUT2D eigenvalue weighted by Crippen LogP contribution is -2.24. The van der Waals surface area contributed by atoms with Crippen molar-refractivity contribution in [1.29, 1.82) is 0 Å². The SMILES string of the molecule is [N-]=[N+]=NCCCCNC(=O)c1ccc(F)c(F)c1. The Hall–Kier alpha value is -2.14. The second-order valence-electron chi connectivity index (χ2n) is 3.55. The van der Waals surface area contributed by atoms with E-state index in [4.69, 9.17) is 5.53 Å². The molecule has 1 aromatic carbocycles. The van der Waals surface area contributed by atoms with E-state index in [1.807, 2.05) is 0 Å². The third-order valence-electron chi connectivity index (χ3n) is 2.22. The predicted octanol–water partition coefficient (Wildman–Crippen LogP) is 2.79. The Balaban J connectivity index is 2.36. The van der Waals surface area contributed by atoms with Gasteiger partial charge in [-0.25, -0.2) is 8.78 Å². The molecule has 0 aromatic heterocycles. The molecule has 0 heterocycles. The van der Waals surface area contributed by atoms with Crippen LogP contribution in [0.2, 0.25) is 0 Å². The molecule has 0 aliphatic heterocycles. The molecule has 0 saturated heterocycles. The fourth-order valence-corrected chi connectivity index (χ4v) is 1.29. The zero-order valence-electron chi connectivity index (χ0n) is 9.57. The van der Waals surface area contributed by atoms with E-state index < -0.39 is 17.5 Å². The van der Waals surface area contributed by atoms with Crippen molar-refractivity contribution in [3.8, 4) is 0 Å². The van der Waals surface area contributed by atoms with Crippen LogP contribution in [0.1, 0.15) is 23.2 Å². The number of azide groups is 1. The van der Waals surface area contributed by atoms with Crippen molar-refractivity contribution < 1.29 is 13.6 Å². The number of amides is 1. The molecule has 1 N–H and O–H groups in total. The van der Waals surface area contributed by atoms with Crippen molar-refractivity contribution in [3.63, 3.8) is 0 Å². The minimum atomic E-state index is -1.05. The molecular weight excluding hydrogens is 242 g/mol. The summed E-state index contributed by atoms with van der Waals surface area (Å²) in [6, 6.07) is 2.98. The lowest BCUT2D eigenvalue weighted by Gasteiger charge is -2.04. The maximum Gasteiger partial charge on any atom is 0.251 e. The van der Waals surface area contributed by atoms with Crippen molar-refractivity contribution in [3.05, 3.63) is 45.8 Å². The smallest absolute Gasteiger partial charge is 0.251 e. The normalized spacial score (nSPS) is 9.67. The summed E-state index contributed by atoms with van der Waals surface area (Å²) in [7, 11) is 0. The van der Waals surface area contributed by atoms with Gasteiger partial charge in [-0.2, -0.15) is 0 Å². The molecule has 0 spiro atoms. The van der Waals surface area contributed by atoms with Gasteiger partial charge in [0.2, 0.25) is 0 Å². The zero-order chi connectivity index (χ0) is 13.4. The Labute approximate surface area is 102 Å². The first-order valence-corrected chi connectivity index (χ1v) is 5.39. The first kappa shape index (κ1) is 13.9. The van der Waals surface area contributed by atoms with Crippen LogP contribution in [0, 0.1) is 11.6 Å². The van der Waals surface area contributed by atoms with Gasteiger partial charge in [-0.15, -0.1) is 0 Å². The first-order chi connectivity index (χ1) is 8.65. The van der Waals surface area contributed by atoms with Crippen LogP contribution in [-0.4, -0.2) is 19.0 Å². The summed E-state index contributed by atoms with van der Waals surface area (Å²) in [6.45, 7) is 0.760. The van der Waals surface area contributed by atoms with Gasteiger partial charge in [0, 0.05) is 23.6 Å². The quantitative estimate of drug-likeness (QED) is 0.360. The Bertz CT molecular complexity index is 472. The highest BCUT2D eigenvalue weighted by Crippen LogP contribution is 2.08. The predicted molar refractivity (Wildman–Crippen MR) is 61.9 cm³/mol. The topological polar surface area (TPSA) is 77.9 Å². The number of nitrogens with one attached hydrogen (secondary N) is 1. The standard InChI is InChI=1S/C11H12F2N4O/c12-9-4-3-8(7-10(9)13)11(18)15-5-1-2-6-16-17-14/h3-4,7H,1-2,5-6H2,(H,15,18). The third-order valence-corrected chi connectivity index (χ3v) is 2.22. The summed E-state index contributed by atoms with van der Waals surface area (Å²) >= 11 is 0. The zero-order valence-corrected chi connectivity index (χ0v) is 9.57. The van der Waals surface area contributed by atoms with Crippen LogP contribution in [0.25, 0.3) is 10.4 Å². The van der Waals surface area contributed by atoms with Gasteiger partial charge in [0.15, 0.2) is 11.6 Å². The largest absolute Gasteiger partial charge is 0.352 e. The molecule has 0 unspecified atom stereocenters. The van der Waals surface area contributed by atoms with E-state index in [-0.39, 0.29) is 5.56 Å². The maximum absolute atomic E-state index is 12.9. The molecule has 5 nitrogen and oxygen atoms in total. The van der Waals surface area contributed by atoms with Crippen LogP contribution in [0.3, 0.4) is 0 Å². The number of benzene rings is 1. The minimum Gasteiger partial charge on any atom is -0.352 e. The van der Waals surface area contributed by atoms with E-state index in [1.54, 1.807) is 0 Å². The lowest BCUT2D eigenvalue weighted by molar-refractivity contribution is 0.0952. The monoisotopic (exact) mass is 254 g/mol. The maximum atomic E-state index is 12.9. The van der Waals surface area contributed by atoms with Crippen LogP contribution in [0.5, 0.6) is 0 Å². The van der Waals surface area contributed by atoms with Crippen molar-refractivity contribution in [1.82, 2.24) is 5.32 Å².